The molecule has 13 heavy (non-hydrogen) atoms. The Labute approximate surface area is 77.2 Å². The monoisotopic (exact) mass is 186 g/mol. The highest BCUT2D eigenvalue weighted by atomic mass is 16.5. The Hall–Kier alpha value is -1.10. The first-order chi connectivity index (χ1) is 5.93. The minimum atomic E-state index is -1.15. The second kappa shape index (κ2) is 2.99. The molecule has 1 rings (SSSR count). The zero-order chi connectivity index (χ0) is 10.2. The molecule has 0 bridgehead atoms. The van der Waals surface area contributed by atoms with Crippen LogP contribution in [0.5, 0.6) is 0 Å². The molecule has 0 aliphatic carbocycles. The lowest BCUT2D eigenvalue weighted by Gasteiger charge is -2.43. The van der Waals surface area contributed by atoms with Crippen LogP contribution in [0.25, 0.3) is 0 Å². The Bertz CT molecular complexity index is 254. The maximum Gasteiger partial charge on any atom is 0.276 e. The molecular formula is C8H14N2O3. The number of nitrogens with zero attached hydrogens (tertiary/aromatic N) is 2. The van der Waals surface area contributed by atoms with Crippen molar-refractivity contribution in [1.82, 2.24) is 9.80 Å². The number of amides is 2. The van der Waals surface area contributed by atoms with Crippen LogP contribution >= 0.6 is 0 Å². The molecule has 0 radical (unpaired) electrons. The van der Waals surface area contributed by atoms with Crippen LogP contribution in [-0.4, -0.2) is 55.1 Å². The van der Waals surface area contributed by atoms with E-state index in [4.69, 9.17) is 4.74 Å². The first kappa shape index (κ1) is 9.98. The molecule has 0 saturated carbocycles. The summed E-state index contributed by atoms with van der Waals surface area (Å²) in [7, 11) is 4.57. The van der Waals surface area contributed by atoms with Gasteiger partial charge in [-0.15, -0.1) is 0 Å². The third kappa shape index (κ3) is 1.29. The van der Waals surface area contributed by atoms with Crippen LogP contribution in [0, 0.1) is 0 Å². The molecule has 0 aromatic carbocycles. The fraction of sp³-hybridized carbons (Fsp3) is 0.750. The Kier molecular flexibility index (Phi) is 2.30. The fourth-order valence-electron chi connectivity index (χ4n) is 1.34. The van der Waals surface area contributed by atoms with E-state index in [1.807, 2.05) is 0 Å². The number of hydrogen-bond donors (Lipinski definition) is 0. The predicted molar refractivity (Wildman–Crippen MR) is 45.8 cm³/mol. The summed E-state index contributed by atoms with van der Waals surface area (Å²) in [6.07, 6.45) is 0. The maximum atomic E-state index is 11.6. The van der Waals surface area contributed by atoms with E-state index in [1.165, 1.54) is 16.9 Å². The summed E-state index contributed by atoms with van der Waals surface area (Å²) in [4.78, 5) is 25.7. The van der Waals surface area contributed by atoms with Crippen LogP contribution in [0.1, 0.15) is 6.92 Å². The van der Waals surface area contributed by atoms with E-state index < -0.39 is 5.72 Å². The van der Waals surface area contributed by atoms with Crippen LogP contribution in [0.4, 0.5) is 0 Å². The number of carbonyl (C=O) groups is 2. The first-order valence-corrected chi connectivity index (χ1v) is 4.01. The van der Waals surface area contributed by atoms with Crippen molar-refractivity contribution in [3.8, 4) is 0 Å². The number of likely N-dealkylation sites (N-methyl/N-ethyl adjacent to an activating group) is 2. The lowest BCUT2D eigenvalue weighted by atomic mass is 10.1. The van der Waals surface area contributed by atoms with E-state index in [2.05, 4.69) is 0 Å². The lowest BCUT2D eigenvalue weighted by Crippen LogP contribution is -2.65. The van der Waals surface area contributed by atoms with Gasteiger partial charge in [0.05, 0.1) is 6.54 Å². The molecule has 0 aromatic rings. The Morgan fingerprint density at radius 3 is 2.38 bits per heavy atom. The van der Waals surface area contributed by atoms with Crippen LogP contribution in [0.15, 0.2) is 0 Å². The summed E-state index contributed by atoms with van der Waals surface area (Å²) >= 11 is 0. The van der Waals surface area contributed by atoms with E-state index >= 15 is 0 Å². The van der Waals surface area contributed by atoms with Crippen molar-refractivity contribution in [3.63, 3.8) is 0 Å². The lowest BCUT2D eigenvalue weighted by molar-refractivity contribution is -0.191. The van der Waals surface area contributed by atoms with Gasteiger partial charge in [0.15, 0.2) is 0 Å². The summed E-state index contributed by atoms with van der Waals surface area (Å²) in [5.41, 5.74) is -1.15. The molecule has 5 nitrogen and oxygen atoms in total. The van der Waals surface area contributed by atoms with Gasteiger partial charge in [-0.3, -0.25) is 9.59 Å². The fourth-order valence-corrected chi connectivity index (χ4v) is 1.34. The molecule has 0 aromatic heterocycles. The predicted octanol–water partition coefficient (Wildman–Crippen LogP) is -0.721. The van der Waals surface area contributed by atoms with E-state index in [0.29, 0.717) is 0 Å². The number of piperazine rings is 1. The highest BCUT2D eigenvalue weighted by Crippen LogP contribution is 2.21. The van der Waals surface area contributed by atoms with Crippen LogP contribution in [0.3, 0.4) is 0 Å². The second-order valence-electron chi connectivity index (χ2n) is 3.30. The Balaban J connectivity index is 3.02. The molecular weight excluding hydrogens is 172 g/mol. The topological polar surface area (TPSA) is 49.9 Å². The Morgan fingerprint density at radius 1 is 1.38 bits per heavy atom. The minimum absolute atomic E-state index is 0.119. The van der Waals surface area contributed by atoms with Crippen LogP contribution in [0.2, 0.25) is 0 Å². The molecule has 0 unspecified atom stereocenters. The second-order valence-corrected chi connectivity index (χ2v) is 3.30. The standard InChI is InChI=1S/C8H14N2O3/c1-8(13-4)7(12)9(2)5-6(11)10(8)3/h5H2,1-4H3/t8-/m0/s1. The van der Waals surface area contributed by atoms with Crippen molar-refractivity contribution in [3.05, 3.63) is 0 Å². The number of carbonyl (C=O) groups excluding carboxylic acids is 2. The minimum Gasteiger partial charge on any atom is -0.351 e. The molecule has 1 saturated heterocycles. The average Bonchev–Trinajstić information content (AvgIpc) is 2.12. The maximum absolute atomic E-state index is 11.6. The summed E-state index contributed by atoms with van der Waals surface area (Å²) in [6.45, 7) is 1.71. The SMILES string of the molecule is CO[C@@]1(C)C(=O)N(C)CC(=O)N1C. The van der Waals surface area contributed by atoms with Gasteiger partial charge in [0.25, 0.3) is 5.91 Å². The quantitative estimate of drug-likeness (QED) is 0.543. The summed E-state index contributed by atoms with van der Waals surface area (Å²) in [6, 6.07) is 0. The Morgan fingerprint density at radius 2 is 1.92 bits per heavy atom. The van der Waals surface area contributed by atoms with Crippen molar-refractivity contribution in [2.75, 3.05) is 27.7 Å². The van der Waals surface area contributed by atoms with Gasteiger partial charge in [0.2, 0.25) is 11.6 Å². The van der Waals surface area contributed by atoms with Gasteiger partial charge in [-0.05, 0) is 6.92 Å². The molecule has 1 atom stereocenters. The van der Waals surface area contributed by atoms with Crippen molar-refractivity contribution >= 4 is 11.8 Å². The smallest absolute Gasteiger partial charge is 0.276 e. The van der Waals surface area contributed by atoms with Crippen molar-refractivity contribution in [1.29, 1.82) is 0 Å². The highest BCUT2D eigenvalue weighted by Gasteiger charge is 2.46. The third-order valence-electron chi connectivity index (χ3n) is 2.53. The molecule has 2 amide bonds. The summed E-state index contributed by atoms with van der Waals surface area (Å²) < 4.78 is 5.06. The van der Waals surface area contributed by atoms with Gasteiger partial charge < -0.3 is 14.5 Å². The van der Waals surface area contributed by atoms with Crippen molar-refractivity contribution in [2.24, 2.45) is 0 Å². The highest BCUT2D eigenvalue weighted by molar-refractivity contribution is 5.96. The molecule has 0 N–H and O–H groups in total. The van der Waals surface area contributed by atoms with Gasteiger partial charge in [-0.2, -0.15) is 0 Å². The van der Waals surface area contributed by atoms with E-state index in [9.17, 15) is 9.59 Å². The molecule has 0 spiro atoms. The summed E-state index contributed by atoms with van der Waals surface area (Å²) in [5.74, 6) is -0.316. The zero-order valence-corrected chi connectivity index (χ0v) is 8.33. The van der Waals surface area contributed by atoms with Crippen molar-refractivity contribution < 1.29 is 14.3 Å². The van der Waals surface area contributed by atoms with Gasteiger partial charge in [-0.25, -0.2) is 0 Å². The third-order valence-corrected chi connectivity index (χ3v) is 2.53. The van der Waals surface area contributed by atoms with Gasteiger partial charge in [0.1, 0.15) is 0 Å². The normalized spacial score (nSPS) is 29.8. The van der Waals surface area contributed by atoms with Gasteiger partial charge >= 0.3 is 0 Å². The van der Waals surface area contributed by atoms with Gasteiger partial charge in [0, 0.05) is 21.2 Å². The number of hydrogen-bond acceptors (Lipinski definition) is 3. The molecule has 1 aliphatic heterocycles. The molecule has 1 heterocycles. The van der Waals surface area contributed by atoms with Gasteiger partial charge in [-0.1, -0.05) is 0 Å². The first-order valence-electron chi connectivity index (χ1n) is 4.01. The zero-order valence-electron chi connectivity index (χ0n) is 8.33. The van der Waals surface area contributed by atoms with E-state index in [0.717, 1.165) is 0 Å². The molecule has 5 heteroatoms. The molecule has 74 valence electrons. The largest absolute Gasteiger partial charge is 0.351 e. The van der Waals surface area contributed by atoms with Crippen LogP contribution in [-0.2, 0) is 14.3 Å². The summed E-state index contributed by atoms with van der Waals surface area (Å²) in [5, 5.41) is 0. The number of rotatable bonds is 1. The van der Waals surface area contributed by atoms with E-state index in [-0.39, 0.29) is 18.4 Å². The number of ether oxygens (including phenoxy) is 1. The molecule has 1 fully saturated rings. The molecule has 1 aliphatic rings. The number of methoxy groups -OCH3 is 1. The van der Waals surface area contributed by atoms with Crippen LogP contribution < -0.4 is 0 Å². The van der Waals surface area contributed by atoms with Crippen molar-refractivity contribution in [2.45, 2.75) is 12.6 Å². The van der Waals surface area contributed by atoms with E-state index in [1.54, 1.807) is 21.0 Å². The average molecular weight is 186 g/mol.